The van der Waals surface area contributed by atoms with E-state index in [4.69, 9.17) is 4.74 Å². The van der Waals surface area contributed by atoms with Crippen LogP contribution in [0.5, 0.6) is 11.5 Å². The minimum absolute atomic E-state index is 0.160. The van der Waals surface area contributed by atoms with E-state index in [2.05, 4.69) is 5.32 Å². The molecule has 0 aromatic heterocycles. The van der Waals surface area contributed by atoms with Gasteiger partial charge in [0.05, 0.1) is 6.10 Å². The lowest BCUT2D eigenvalue weighted by molar-refractivity contribution is 0.0876. The van der Waals surface area contributed by atoms with Crippen LogP contribution in [0.4, 0.5) is 0 Å². The molecule has 0 aliphatic heterocycles. The summed E-state index contributed by atoms with van der Waals surface area (Å²) in [4.78, 5) is 0. The van der Waals surface area contributed by atoms with Crippen LogP contribution in [0.25, 0.3) is 10.8 Å². The van der Waals surface area contributed by atoms with Crippen LogP contribution >= 0.6 is 0 Å². The number of phenolic OH excluding ortho intramolecular Hbond substituents is 1. The van der Waals surface area contributed by atoms with Crippen molar-refractivity contribution in [2.24, 2.45) is 0 Å². The van der Waals surface area contributed by atoms with Crippen molar-refractivity contribution in [2.45, 2.75) is 25.2 Å². The molecule has 0 unspecified atom stereocenters. The lowest BCUT2D eigenvalue weighted by Crippen LogP contribution is -2.39. The van der Waals surface area contributed by atoms with Gasteiger partial charge >= 0.3 is 0 Å². The molecule has 27 heavy (non-hydrogen) atoms. The molecule has 5 nitrogen and oxygen atoms in total. The molecular weight excluding hydrogens is 342 g/mol. The summed E-state index contributed by atoms with van der Waals surface area (Å²) < 4.78 is 5.69. The minimum Gasteiger partial charge on any atom is -0.508 e. The van der Waals surface area contributed by atoms with E-state index in [0.29, 0.717) is 17.9 Å². The Morgan fingerprint density at radius 3 is 2.37 bits per heavy atom. The van der Waals surface area contributed by atoms with Gasteiger partial charge in [-0.25, -0.2) is 0 Å². The fourth-order valence-electron chi connectivity index (χ4n) is 2.90. The molecule has 0 amide bonds. The molecule has 3 rings (SSSR count). The molecule has 0 aliphatic rings. The van der Waals surface area contributed by atoms with Crippen molar-refractivity contribution in [1.29, 1.82) is 0 Å². The Morgan fingerprint density at radius 2 is 1.63 bits per heavy atom. The number of hydrogen-bond donors (Lipinski definition) is 4. The topological polar surface area (TPSA) is 82.0 Å². The molecule has 0 heterocycles. The number of rotatable bonds is 8. The number of ether oxygens (including phenoxy) is 1. The zero-order valence-corrected chi connectivity index (χ0v) is 15.2. The van der Waals surface area contributed by atoms with Crippen molar-refractivity contribution in [1.82, 2.24) is 5.32 Å². The van der Waals surface area contributed by atoms with Crippen molar-refractivity contribution in [2.75, 3.05) is 13.2 Å². The fraction of sp³-hybridized carbons (Fsp3) is 0.273. The third kappa shape index (κ3) is 5.20. The van der Waals surface area contributed by atoms with Crippen LogP contribution in [-0.4, -0.2) is 40.6 Å². The number of aliphatic hydroxyl groups is 2. The SMILES string of the molecule is C[C@@H](NC[C@H](O)COc1ccc2ccccc2c1)[C@@H](O)c1ccc(O)cc1. The predicted molar refractivity (Wildman–Crippen MR) is 106 cm³/mol. The molecule has 0 saturated carbocycles. The minimum atomic E-state index is -0.737. The maximum Gasteiger partial charge on any atom is 0.120 e. The van der Waals surface area contributed by atoms with Crippen molar-refractivity contribution in [3.63, 3.8) is 0 Å². The summed E-state index contributed by atoms with van der Waals surface area (Å²) in [5.41, 5.74) is 0.703. The molecule has 0 radical (unpaired) electrons. The third-order valence-corrected chi connectivity index (χ3v) is 4.55. The summed E-state index contributed by atoms with van der Waals surface area (Å²) in [6, 6.07) is 20.0. The molecule has 3 aromatic carbocycles. The largest absolute Gasteiger partial charge is 0.508 e. The van der Waals surface area contributed by atoms with Crippen molar-refractivity contribution >= 4 is 10.8 Å². The van der Waals surface area contributed by atoms with Crippen molar-refractivity contribution in [3.8, 4) is 11.5 Å². The molecule has 0 bridgehead atoms. The molecule has 0 fully saturated rings. The molecule has 3 aromatic rings. The van der Waals surface area contributed by atoms with E-state index in [0.717, 1.165) is 10.8 Å². The van der Waals surface area contributed by atoms with Crippen LogP contribution in [0.1, 0.15) is 18.6 Å². The van der Waals surface area contributed by atoms with Crippen LogP contribution in [0, 0.1) is 0 Å². The summed E-state index contributed by atoms with van der Waals surface area (Å²) in [5.74, 6) is 0.873. The highest BCUT2D eigenvalue weighted by molar-refractivity contribution is 5.83. The van der Waals surface area contributed by atoms with Crippen LogP contribution in [-0.2, 0) is 0 Å². The molecule has 142 valence electrons. The standard InChI is InChI=1S/C22H25NO4/c1-15(22(26)17-6-9-19(24)10-7-17)23-13-20(25)14-27-21-11-8-16-4-2-3-5-18(16)12-21/h2-12,15,20,22-26H,13-14H2,1H3/t15-,20+,22-/m1/s1. The van der Waals surface area contributed by atoms with Gasteiger partial charge in [0.15, 0.2) is 0 Å². The summed E-state index contributed by atoms with van der Waals surface area (Å²) >= 11 is 0. The normalized spacial score (nSPS) is 14.6. The van der Waals surface area contributed by atoms with Gasteiger partial charge in [0.2, 0.25) is 0 Å². The second-order valence-electron chi connectivity index (χ2n) is 6.71. The number of nitrogens with one attached hydrogen (secondary N) is 1. The van der Waals surface area contributed by atoms with Gasteiger partial charge in [-0.15, -0.1) is 0 Å². The van der Waals surface area contributed by atoms with Crippen LogP contribution < -0.4 is 10.1 Å². The van der Waals surface area contributed by atoms with Crippen LogP contribution in [0.3, 0.4) is 0 Å². The van der Waals surface area contributed by atoms with Gasteiger partial charge in [0.1, 0.15) is 24.2 Å². The van der Waals surface area contributed by atoms with Crippen molar-refractivity contribution in [3.05, 3.63) is 72.3 Å². The highest BCUT2D eigenvalue weighted by Gasteiger charge is 2.17. The highest BCUT2D eigenvalue weighted by Crippen LogP contribution is 2.21. The third-order valence-electron chi connectivity index (χ3n) is 4.55. The Bertz CT molecular complexity index is 866. The van der Waals surface area contributed by atoms with Gasteiger partial charge in [-0.1, -0.05) is 42.5 Å². The lowest BCUT2D eigenvalue weighted by Gasteiger charge is -2.22. The van der Waals surface area contributed by atoms with Gasteiger partial charge < -0.3 is 25.4 Å². The van der Waals surface area contributed by atoms with E-state index >= 15 is 0 Å². The van der Waals surface area contributed by atoms with E-state index in [1.54, 1.807) is 12.1 Å². The maximum absolute atomic E-state index is 10.3. The number of aliphatic hydroxyl groups excluding tert-OH is 2. The lowest BCUT2D eigenvalue weighted by atomic mass is 10.0. The van der Waals surface area contributed by atoms with E-state index in [-0.39, 0.29) is 18.4 Å². The Morgan fingerprint density at radius 1 is 0.926 bits per heavy atom. The van der Waals surface area contributed by atoms with Crippen molar-refractivity contribution < 1.29 is 20.1 Å². The second kappa shape index (κ2) is 8.86. The zero-order chi connectivity index (χ0) is 19.2. The molecule has 0 saturated heterocycles. The van der Waals surface area contributed by atoms with Gasteiger partial charge in [-0.3, -0.25) is 0 Å². The Hall–Kier alpha value is -2.60. The molecule has 5 heteroatoms. The average Bonchev–Trinajstić information content (AvgIpc) is 2.70. The van der Waals surface area contributed by atoms with Gasteiger partial charge in [-0.2, -0.15) is 0 Å². The second-order valence-corrected chi connectivity index (χ2v) is 6.71. The Kier molecular flexibility index (Phi) is 6.29. The van der Waals surface area contributed by atoms with Crippen LogP contribution in [0.2, 0.25) is 0 Å². The first-order valence-electron chi connectivity index (χ1n) is 9.03. The molecule has 0 aliphatic carbocycles. The van der Waals surface area contributed by atoms with E-state index in [1.165, 1.54) is 12.1 Å². The monoisotopic (exact) mass is 367 g/mol. The van der Waals surface area contributed by atoms with Gasteiger partial charge in [-0.05, 0) is 47.5 Å². The molecule has 4 N–H and O–H groups in total. The average molecular weight is 367 g/mol. The van der Waals surface area contributed by atoms with Crippen LogP contribution in [0.15, 0.2) is 66.7 Å². The number of aromatic hydroxyl groups is 1. The first-order valence-corrected chi connectivity index (χ1v) is 9.03. The molecule has 0 spiro atoms. The molecular formula is C22H25NO4. The van der Waals surface area contributed by atoms with E-state index in [9.17, 15) is 15.3 Å². The number of phenols is 1. The van der Waals surface area contributed by atoms with Gasteiger partial charge in [0.25, 0.3) is 0 Å². The van der Waals surface area contributed by atoms with Gasteiger partial charge in [0, 0.05) is 12.6 Å². The van der Waals surface area contributed by atoms with E-state index < -0.39 is 12.2 Å². The smallest absolute Gasteiger partial charge is 0.120 e. The Labute approximate surface area is 158 Å². The fourth-order valence-corrected chi connectivity index (χ4v) is 2.90. The summed E-state index contributed by atoms with van der Waals surface area (Å²) in [6.45, 7) is 2.30. The quantitative estimate of drug-likeness (QED) is 0.492. The van der Waals surface area contributed by atoms with E-state index in [1.807, 2.05) is 49.4 Å². The number of benzene rings is 3. The summed E-state index contributed by atoms with van der Waals surface area (Å²) in [5, 5.41) is 35.2. The maximum atomic E-state index is 10.3. The highest BCUT2D eigenvalue weighted by atomic mass is 16.5. The molecule has 3 atom stereocenters. The zero-order valence-electron chi connectivity index (χ0n) is 15.2. The first kappa shape index (κ1) is 19.2. The summed E-state index contributed by atoms with van der Waals surface area (Å²) in [6.07, 6.45) is -1.44. The first-order chi connectivity index (χ1) is 13.0. The summed E-state index contributed by atoms with van der Waals surface area (Å²) in [7, 11) is 0. The number of hydrogen-bond acceptors (Lipinski definition) is 5. The predicted octanol–water partition coefficient (Wildman–Crippen LogP) is 3.00. The Balaban J connectivity index is 1.47. The number of fused-ring (bicyclic) bond motifs is 1.